The van der Waals surface area contributed by atoms with Crippen LogP contribution in [0.25, 0.3) is 5.69 Å². The second-order valence-corrected chi connectivity index (χ2v) is 6.83. The fourth-order valence-corrected chi connectivity index (χ4v) is 3.92. The van der Waals surface area contributed by atoms with Crippen LogP contribution in [0.3, 0.4) is 0 Å². The number of hydrogen-bond donors (Lipinski definition) is 1. The van der Waals surface area contributed by atoms with Crippen molar-refractivity contribution in [1.82, 2.24) is 24.6 Å². The Labute approximate surface area is 146 Å². The number of β-amino-alcohol motifs (C(OH)–C–C–N with tert-alkyl or cyclic N) is 1. The molecule has 0 radical (unpaired) electrons. The predicted octanol–water partition coefficient (Wildman–Crippen LogP) is 0.938. The zero-order chi connectivity index (χ0) is 17.2. The highest BCUT2D eigenvalue weighted by atomic mass is 16.3. The molecule has 2 fully saturated rings. The minimum absolute atomic E-state index is 0.0475. The maximum absolute atomic E-state index is 13.1. The summed E-state index contributed by atoms with van der Waals surface area (Å²) < 4.78 is 1.74. The minimum Gasteiger partial charge on any atom is -0.390 e. The molecule has 132 valence electrons. The fraction of sp³-hybridized carbons (Fsp3) is 0.500. The summed E-state index contributed by atoms with van der Waals surface area (Å²) >= 11 is 0. The molecule has 1 aromatic carbocycles. The zero-order valence-corrected chi connectivity index (χ0v) is 14.2. The lowest BCUT2D eigenvalue weighted by molar-refractivity contribution is 0.0702. The van der Waals surface area contributed by atoms with Crippen molar-refractivity contribution in [2.45, 2.75) is 31.4 Å². The molecule has 0 bridgehead atoms. The molecule has 3 heterocycles. The van der Waals surface area contributed by atoms with Gasteiger partial charge in [0.25, 0.3) is 5.91 Å². The van der Waals surface area contributed by atoms with Gasteiger partial charge in [0.2, 0.25) is 0 Å². The molecule has 25 heavy (non-hydrogen) atoms. The molecule has 0 spiro atoms. The van der Waals surface area contributed by atoms with Crippen molar-refractivity contribution in [3.63, 3.8) is 0 Å². The molecule has 0 aliphatic carbocycles. The highest BCUT2D eigenvalue weighted by Gasteiger charge is 2.38. The summed E-state index contributed by atoms with van der Waals surface area (Å²) in [6.45, 7) is 3.00. The number of likely N-dealkylation sites (tertiary alicyclic amines) is 2. The summed E-state index contributed by atoms with van der Waals surface area (Å²) in [6.07, 6.45) is 6.29. The van der Waals surface area contributed by atoms with E-state index in [2.05, 4.69) is 15.1 Å². The van der Waals surface area contributed by atoms with Crippen molar-refractivity contribution in [3.05, 3.63) is 42.5 Å². The van der Waals surface area contributed by atoms with E-state index in [-0.39, 0.29) is 11.9 Å². The highest BCUT2D eigenvalue weighted by Crippen LogP contribution is 2.24. The van der Waals surface area contributed by atoms with Gasteiger partial charge in [-0.25, -0.2) is 0 Å². The molecule has 2 atom stereocenters. The Kier molecular flexibility index (Phi) is 4.50. The van der Waals surface area contributed by atoms with Crippen LogP contribution < -0.4 is 0 Å². The second kappa shape index (κ2) is 6.93. The van der Waals surface area contributed by atoms with Crippen LogP contribution in [0, 0.1) is 0 Å². The number of piperidine rings is 1. The van der Waals surface area contributed by atoms with E-state index in [1.54, 1.807) is 22.1 Å². The molecule has 1 aromatic heterocycles. The van der Waals surface area contributed by atoms with Crippen molar-refractivity contribution in [3.8, 4) is 5.69 Å². The first-order chi connectivity index (χ1) is 12.2. The van der Waals surface area contributed by atoms with E-state index in [1.165, 1.54) is 19.3 Å². The summed E-state index contributed by atoms with van der Waals surface area (Å²) in [5.41, 5.74) is 1.36. The Hall–Kier alpha value is -2.25. The van der Waals surface area contributed by atoms with Gasteiger partial charge in [0.15, 0.2) is 0 Å². The van der Waals surface area contributed by atoms with Crippen molar-refractivity contribution in [2.24, 2.45) is 0 Å². The first kappa shape index (κ1) is 16.2. The third-order valence-electron chi connectivity index (χ3n) is 5.24. The summed E-state index contributed by atoms with van der Waals surface area (Å²) in [5.74, 6) is -0.0529. The Morgan fingerprint density at radius 3 is 2.52 bits per heavy atom. The largest absolute Gasteiger partial charge is 0.390 e. The molecule has 1 N–H and O–H groups in total. The number of aliphatic hydroxyl groups is 1. The van der Waals surface area contributed by atoms with Crippen LogP contribution in [0.2, 0.25) is 0 Å². The molecule has 2 aliphatic heterocycles. The third kappa shape index (κ3) is 3.17. The monoisotopic (exact) mass is 341 g/mol. The first-order valence-corrected chi connectivity index (χ1v) is 8.89. The van der Waals surface area contributed by atoms with Crippen molar-refractivity contribution in [1.29, 1.82) is 0 Å². The van der Waals surface area contributed by atoms with Gasteiger partial charge >= 0.3 is 0 Å². The summed E-state index contributed by atoms with van der Waals surface area (Å²) in [4.78, 5) is 17.2. The summed E-state index contributed by atoms with van der Waals surface area (Å²) in [5, 5.41) is 18.1. The Balaban J connectivity index is 1.54. The van der Waals surface area contributed by atoms with E-state index in [0.717, 1.165) is 18.8 Å². The molecule has 0 unspecified atom stereocenters. The Bertz CT molecular complexity index is 727. The van der Waals surface area contributed by atoms with E-state index in [0.29, 0.717) is 18.7 Å². The lowest BCUT2D eigenvalue weighted by Crippen LogP contribution is -2.46. The van der Waals surface area contributed by atoms with Gasteiger partial charge in [-0.2, -0.15) is 0 Å². The zero-order valence-electron chi connectivity index (χ0n) is 14.2. The highest BCUT2D eigenvalue weighted by molar-refractivity contribution is 5.98. The molecule has 7 nitrogen and oxygen atoms in total. The molecule has 2 saturated heterocycles. The van der Waals surface area contributed by atoms with Crippen LogP contribution in [-0.2, 0) is 0 Å². The first-order valence-electron chi connectivity index (χ1n) is 8.89. The van der Waals surface area contributed by atoms with E-state index in [4.69, 9.17) is 0 Å². The van der Waals surface area contributed by atoms with Gasteiger partial charge in [-0.15, -0.1) is 10.2 Å². The van der Waals surface area contributed by atoms with Gasteiger partial charge in [0.05, 0.1) is 23.4 Å². The van der Waals surface area contributed by atoms with Crippen LogP contribution in [-0.4, -0.2) is 73.9 Å². The normalized spacial score (nSPS) is 24.6. The van der Waals surface area contributed by atoms with E-state index in [9.17, 15) is 9.90 Å². The molecular weight excluding hydrogens is 318 g/mol. The topological polar surface area (TPSA) is 74.5 Å². The van der Waals surface area contributed by atoms with Gasteiger partial charge in [-0.3, -0.25) is 14.3 Å². The molecule has 7 heteroatoms. The quantitative estimate of drug-likeness (QED) is 0.899. The number of rotatable bonds is 3. The van der Waals surface area contributed by atoms with Gasteiger partial charge in [-0.05, 0) is 38.1 Å². The average molecular weight is 341 g/mol. The van der Waals surface area contributed by atoms with E-state index >= 15 is 0 Å². The molecule has 1 amide bonds. The maximum atomic E-state index is 13.1. The van der Waals surface area contributed by atoms with Gasteiger partial charge in [0.1, 0.15) is 12.7 Å². The van der Waals surface area contributed by atoms with Gasteiger partial charge in [0, 0.05) is 13.1 Å². The number of amides is 1. The molecule has 0 saturated carbocycles. The van der Waals surface area contributed by atoms with Gasteiger partial charge in [-0.1, -0.05) is 18.6 Å². The number of hydrogen-bond acceptors (Lipinski definition) is 5. The number of benzene rings is 1. The number of carbonyl (C=O) groups excluding carboxylic acids is 1. The maximum Gasteiger partial charge on any atom is 0.256 e. The smallest absolute Gasteiger partial charge is 0.256 e. The standard InChI is InChI=1S/C18H23N5O2/c24-17-11-22(10-16(17)21-8-4-1-5-9-21)18(25)14-6-2-3-7-15(14)23-12-19-20-13-23/h2-3,6-7,12-13,16-17,24H,1,4-5,8-11H2/t16-,17-/m1/s1. The van der Waals surface area contributed by atoms with Crippen LogP contribution in [0.5, 0.6) is 0 Å². The number of nitrogens with zero attached hydrogens (tertiary/aromatic N) is 5. The Morgan fingerprint density at radius 2 is 1.76 bits per heavy atom. The van der Waals surface area contributed by atoms with Crippen molar-refractivity contribution in [2.75, 3.05) is 26.2 Å². The number of para-hydroxylation sites is 1. The van der Waals surface area contributed by atoms with Crippen LogP contribution in [0.1, 0.15) is 29.6 Å². The molecule has 2 aromatic rings. The Morgan fingerprint density at radius 1 is 1.04 bits per heavy atom. The molecular formula is C18H23N5O2. The fourth-order valence-electron chi connectivity index (χ4n) is 3.92. The third-order valence-corrected chi connectivity index (χ3v) is 5.24. The lowest BCUT2D eigenvalue weighted by Gasteiger charge is -2.33. The van der Waals surface area contributed by atoms with Gasteiger partial charge < -0.3 is 10.0 Å². The average Bonchev–Trinajstić information content (AvgIpc) is 3.32. The number of carbonyl (C=O) groups is 1. The van der Waals surface area contributed by atoms with Crippen LogP contribution in [0.15, 0.2) is 36.9 Å². The van der Waals surface area contributed by atoms with Crippen LogP contribution in [0.4, 0.5) is 0 Å². The SMILES string of the molecule is O=C(c1ccccc1-n1cnnc1)N1C[C@@H](O)[C@H](N2CCCCC2)C1. The summed E-state index contributed by atoms with van der Waals surface area (Å²) in [6, 6.07) is 7.49. The minimum atomic E-state index is -0.482. The van der Waals surface area contributed by atoms with E-state index in [1.807, 2.05) is 24.3 Å². The summed E-state index contributed by atoms with van der Waals surface area (Å²) in [7, 11) is 0. The van der Waals surface area contributed by atoms with Crippen LogP contribution >= 0.6 is 0 Å². The van der Waals surface area contributed by atoms with Crippen molar-refractivity contribution >= 4 is 5.91 Å². The molecule has 4 rings (SSSR count). The van der Waals surface area contributed by atoms with E-state index < -0.39 is 6.10 Å². The molecule has 2 aliphatic rings. The number of aromatic nitrogens is 3. The second-order valence-electron chi connectivity index (χ2n) is 6.83. The van der Waals surface area contributed by atoms with Crippen molar-refractivity contribution < 1.29 is 9.90 Å². The predicted molar refractivity (Wildman–Crippen MR) is 92.5 cm³/mol. The lowest BCUT2D eigenvalue weighted by atomic mass is 10.1. The number of aliphatic hydroxyl groups excluding tert-OH is 1.